The minimum atomic E-state index is 0.217. The number of carbonyl (C=O) groups is 1. The van der Waals surface area contributed by atoms with Gasteiger partial charge in [0.15, 0.2) is 0 Å². The number of aromatic nitrogens is 2. The zero-order valence-electron chi connectivity index (χ0n) is 17.0. The molecule has 4 rings (SSSR count). The molecule has 2 aromatic rings. The smallest absolute Gasteiger partial charge is 0.227 e. The number of hydrogen-bond donors (Lipinski definition) is 0. The molecule has 1 atom stereocenters. The first-order valence-corrected chi connectivity index (χ1v) is 10.7. The van der Waals surface area contributed by atoms with Crippen molar-refractivity contribution in [1.82, 2.24) is 19.6 Å². The number of halogens is 1. The monoisotopic (exact) mass is 400 g/mol. The maximum absolute atomic E-state index is 13.0. The maximum Gasteiger partial charge on any atom is 0.227 e. The molecule has 0 radical (unpaired) electrons. The van der Waals surface area contributed by atoms with Gasteiger partial charge in [-0.25, -0.2) is 4.68 Å². The van der Waals surface area contributed by atoms with Gasteiger partial charge in [0.05, 0.1) is 17.8 Å². The molecule has 3 heterocycles. The lowest BCUT2D eigenvalue weighted by molar-refractivity contribution is -0.129. The average Bonchev–Trinajstić information content (AvgIpc) is 3.40. The summed E-state index contributed by atoms with van der Waals surface area (Å²) in [5, 5.41) is 5.42. The summed E-state index contributed by atoms with van der Waals surface area (Å²) in [6.45, 7) is 10.1. The van der Waals surface area contributed by atoms with Crippen molar-refractivity contribution < 1.29 is 4.79 Å². The van der Waals surface area contributed by atoms with Crippen LogP contribution < -0.4 is 0 Å². The lowest BCUT2D eigenvalue weighted by atomic mass is 10.1. The van der Waals surface area contributed by atoms with Crippen LogP contribution in [0.4, 0.5) is 0 Å². The molecule has 5 nitrogen and oxygen atoms in total. The van der Waals surface area contributed by atoms with Gasteiger partial charge in [-0.2, -0.15) is 5.10 Å². The molecule has 1 amide bonds. The zero-order valence-corrected chi connectivity index (χ0v) is 17.8. The van der Waals surface area contributed by atoms with E-state index in [4.69, 9.17) is 11.6 Å². The van der Waals surface area contributed by atoms with Crippen LogP contribution in [0.25, 0.3) is 5.69 Å². The van der Waals surface area contributed by atoms with Crippen molar-refractivity contribution in [2.24, 2.45) is 0 Å². The Bertz CT molecular complexity index is 885. The molecule has 2 aliphatic rings. The van der Waals surface area contributed by atoms with Crippen LogP contribution in [0.15, 0.2) is 18.2 Å². The van der Waals surface area contributed by atoms with Crippen molar-refractivity contribution in [3.05, 3.63) is 45.7 Å². The zero-order chi connectivity index (χ0) is 19.8. The van der Waals surface area contributed by atoms with Crippen LogP contribution in [0.1, 0.15) is 41.8 Å². The lowest BCUT2D eigenvalue weighted by Gasteiger charge is -2.23. The number of benzene rings is 1. The Morgan fingerprint density at radius 3 is 2.64 bits per heavy atom. The van der Waals surface area contributed by atoms with Crippen molar-refractivity contribution in [1.29, 1.82) is 0 Å². The highest BCUT2D eigenvalue weighted by Crippen LogP contribution is 2.25. The Hall–Kier alpha value is -1.85. The molecule has 150 valence electrons. The SMILES string of the molecule is Cc1ccc(-n2nc(C)c(CC(=O)N3CCC(N4CCCC4)C3)c2C)cc1Cl. The van der Waals surface area contributed by atoms with Gasteiger partial charge in [-0.3, -0.25) is 9.69 Å². The molecule has 1 unspecified atom stereocenters. The first-order chi connectivity index (χ1) is 13.4. The van der Waals surface area contributed by atoms with Crippen LogP contribution in [0, 0.1) is 20.8 Å². The van der Waals surface area contributed by atoms with Crippen LogP contribution in [0.3, 0.4) is 0 Å². The lowest BCUT2D eigenvalue weighted by Crippen LogP contribution is -2.37. The molecule has 6 heteroatoms. The second-order valence-electron chi connectivity index (χ2n) is 8.20. The van der Waals surface area contributed by atoms with Gasteiger partial charge in [0.1, 0.15) is 0 Å². The van der Waals surface area contributed by atoms with Gasteiger partial charge in [0, 0.05) is 35.4 Å². The van der Waals surface area contributed by atoms with Gasteiger partial charge in [0.25, 0.3) is 0 Å². The highest BCUT2D eigenvalue weighted by atomic mass is 35.5. The van der Waals surface area contributed by atoms with Gasteiger partial charge in [-0.15, -0.1) is 0 Å². The van der Waals surface area contributed by atoms with E-state index in [-0.39, 0.29) is 5.91 Å². The molecule has 0 aliphatic carbocycles. The quantitative estimate of drug-likeness (QED) is 0.785. The third kappa shape index (κ3) is 3.70. The summed E-state index contributed by atoms with van der Waals surface area (Å²) in [5.74, 6) is 0.217. The fourth-order valence-corrected chi connectivity index (χ4v) is 4.71. The van der Waals surface area contributed by atoms with E-state index in [2.05, 4.69) is 10.00 Å². The first kappa shape index (κ1) is 19.5. The normalized spacial score (nSPS) is 20.3. The summed E-state index contributed by atoms with van der Waals surface area (Å²) in [6.07, 6.45) is 4.12. The molecule has 0 N–H and O–H groups in total. The molecule has 2 aliphatic heterocycles. The van der Waals surface area contributed by atoms with Gasteiger partial charge in [-0.1, -0.05) is 17.7 Å². The van der Waals surface area contributed by atoms with Crippen molar-refractivity contribution in [2.75, 3.05) is 26.2 Å². The third-order valence-electron chi connectivity index (χ3n) is 6.34. The Morgan fingerprint density at radius 2 is 1.93 bits per heavy atom. The minimum absolute atomic E-state index is 0.217. The Morgan fingerprint density at radius 1 is 1.18 bits per heavy atom. The fraction of sp³-hybridized carbons (Fsp3) is 0.545. The maximum atomic E-state index is 13.0. The summed E-state index contributed by atoms with van der Waals surface area (Å²) in [4.78, 5) is 17.6. The molecule has 1 aromatic carbocycles. The molecular formula is C22H29ClN4O. The van der Waals surface area contributed by atoms with E-state index < -0.39 is 0 Å². The summed E-state index contributed by atoms with van der Waals surface area (Å²) >= 11 is 6.29. The molecule has 0 spiro atoms. The third-order valence-corrected chi connectivity index (χ3v) is 6.75. The number of likely N-dealkylation sites (tertiary alicyclic amines) is 2. The van der Waals surface area contributed by atoms with E-state index >= 15 is 0 Å². The summed E-state index contributed by atoms with van der Waals surface area (Å²) in [5.41, 5.74) is 4.94. The van der Waals surface area contributed by atoms with Crippen molar-refractivity contribution in [3.8, 4) is 5.69 Å². The number of carbonyl (C=O) groups excluding carboxylic acids is 1. The largest absolute Gasteiger partial charge is 0.341 e. The summed E-state index contributed by atoms with van der Waals surface area (Å²) in [6, 6.07) is 6.50. The van der Waals surface area contributed by atoms with E-state index in [1.807, 2.05) is 48.6 Å². The highest BCUT2D eigenvalue weighted by molar-refractivity contribution is 6.31. The topological polar surface area (TPSA) is 41.4 Å². The number of rotatable bonds is 4. The summed E-state index contributed by atoms with van der Waals surface area (Å²) in [7, 11) is 0. The van der Waals surface area contributed by atoms with E-state index in [9.17, 15) is 4.79 Å². The highest BCUT2D eigenvalue weighted by Gasteiger charge is 2.32. The molecule has 2 saturated heterocycles. The van der Waals surface area contributed by atoms with E-state index in [0.717, 1.165) is 52.7 Å². The second-order valence-corrected chi connectivity index (χ2v) is 8.60. The van der Waals surface area contributed by atoms with Gasteiger partial charge < -0.3 is 4.90 Å². The predicted molar refractivity (Wildman–Crippen MR) is 112 cm³/mol. The van der Waals surface area contributed by atoms with Gasteiger partial charge >= 0.3 is 0 Å². The van der Waals surface area contributed by atoms with E-state index in [1.54, 1.807) is 0 Å². The molecule has 28 heavy (non-hydrogen) atoms. The van der Waals surface area contributed by atoms with Crippen LogP contribution in [0.2, 0.25) is 5.02 Å². The molecule has 0 bridgehead atoms. The second kappa shape index (κ2) is 7.88. The average molecular weight is 401 g/mol. The molecular weight excluding hydrogens is 372 g/mol. The molecule has 0 saturated carbocycles. The van der Waals surface area contributed by atoms with Crippen LogP contribution in [-0.4, -0.2) is 57.7 Å². The Kier molecular flexibility index (Phi) is 5.48. The van der Waals surface area contributed by atoms with Crippen LogP contribution in [0.5, 0.6) is 0 Å². The van der Waals surface area contributed by atoms with Crippen molar-refractivity contribution in [3.63, 3.8) is 0 Å². The fourth-order valence-electron chi connectivity index (χ4n) is 4.53. The molecule has 1 aromatic heterocycles. The van der Waals surface area contributed by atoms with E-state index in [1.165, 1.54) is 25.9 Å². The number of amides is 1. The van der Waals surface area contributed by atoms with Crippen molar-refractivity contribution >= 4 is 17.5 Å². The Balaban J connectivity index is 1.48. The summed E-state index contributed by atoms with van der Waals surface area (Å²) < 4.78 is 1.90. The van der Waals surface area contributed by atoms with Crippen LogP contribution in [-0.2, 0) is 11.2 Å². The Labute approximate surface area is 172 Å². The molecule has 2 fully saturated rings. The van der Waals surface area contributed by atoms with Crippen LogP contribution >= 0.6 is 11.6 Å². The standard InChI is InChI=1S/C22H29ClN4O/c1-15-6-7-18(12-21(15)23)27-17(3)20(16(2)24-27)13-22(28)26-11-8-19(14-26)25-9-4-5-10-25/h6-7,12,19H,4-5,8-11,13-14H2,1-3H3. The minimum Gasteiger partial charge on any atom is -0.341 e. The van der Waals surface area contributed by atoms with Gasteiger partial charge in [-0.05, 0) is 70.8 Å². The van der Waals surface area contributed by atoms with Gasteiger partial charge in [0.2, 0.25) is 5.91 Å². The number of nitrogens with zero attached hydrogens (tertiary/aromatic N) is 4. The predicted octanol–water partition coefficient (Wildman–Crippen LogP) is 3.69. The first-order valence-electron chi connectivity index (χ1n) is 10.3. The number of hydrogen-bond acceptors (Lipinski definition) is 3. The van der Waals surface area contributed by atoms with E-state index in [0.29, 0.717) is 12.5 Å². The number of aryl methyl sites for hydroxylation is 2. The van der Waals surface area contributed by atoms with Crippen molar-refractivity contribution in [2.45, 2.75) is 52.5 Å².